The van der Waals surface area contributed by atoms with Gasteiger partial charge in [-0.1, -0.05) is 30.3 Å². The Morgan fingerprint density at radius 1 is 1.00 bits per heavy atom. The van der Waals surface area contributed by atoms with Crippen LogP contribution in [0.4, 0.5) is 0 Å². The standard InChI is InChI=1S/C21H25NO5S/c1-26-19-9-8-17(14-20(19)27-2)21(23)22-12-10-18(11-13-22)28(24,25)15-16-6-4-3-5-7-16/h3-9,14,18H,10-13,15H2,1-2H3. The second-order valence-electron chi connectivity index (χ2n) is 6.85. The van der Waals surface area contributed by atoms with E-state index in [0.717, 1.165) is 5.56 Å². The van der Waals surface area contributed by atoms with E-state index in [1.807, 2.05) is 30.3 Å². The minimum Gasteiger partial charge on any atom is -0.493 e. The fourth-order valence-electron chi connectivity index (χ4n) is 3.49. The molecule has 1 aliphatic heterocycles. The fraction of sp³-hybridized carbons (Fsp3) is 0.381. The summed E-state index contributed by atoms with van der Waals surface area (Å²) in [6.45, 7) is 0.845. The first-order valence-electron chi connectivity index (χ1n) is 9.21. The molecule has 0 saturated carbocycles. The first kappa shape index (κ1) is 20.2. The zero-order chi connectivity index (χ0) is 20.1. The van der Waals surface area contributed by atoms with Crippen molar-refractivity contribution in [3.8, 4) is 11.5 Å². The molecule has 0 bridgehead atoms. The lowest BCUT2D eigenvalue weighted by atomic mass is 10.1. The average Bonchev–Trinajstić information content (AvgIpc) is 2.73. The molecule has 1 aliphatic rings. The van der Waals surface area contributed by atoms with Gasteiger partial charge in [-0.15, -0.1) is 0 Å². The van der Waals surface area contributed by atoms with Gasteiger partial charge in [-0.3, -0.25) is 4.79 Å². The Bertz CT molecular complexity index is 919. The summed E-state index contributed by atoms with van der Waals surface area (Å²) in [5.41, 5.74) is 1.30. The molecule has 0 spiro atoms. The van der Waals surface area contributed by atoms with Gasteiger partial charge in [0.05, 0.1) is 25.2 Å². The molecule has 1 fully saturated rings. The van der Waals surface area contributed by atoms with Crippen LogP contribution in [0.15, 0.2) is 48.5 Å². The van der Waals surface area contributed by atoms with Gasteiger partial charge in [-0.2, -0.15) is 0 Å². The van der Waals surface area contributed by atoms with Crippen molar-refractivity contribution in [1.82, 2.24) is 4.90 Å². The second-order valence-corrected chi connectivity index (χ2v) is 9.14. The smallest absolute Gasteiger partial charge is 0.253 e. The number of rotatable bonds is 6. The summed E-state index contributed by atoms with van der Waals surface area (Å²) in [5.74, 6) is 0.973. The number of nitrogens with zero attached hydrogens (tertiary/aromatic N) is 1. The first-order chi connectivity index (χ1) is 13.4. The highest BCUT2D eigenvalue weighted by molar-refractivity contribution is 7.91. The topological polar surface area (TPSA) is 72.9 Å². The predicted octanol–water partition coefficient (Wildman–Crippen LogP) is 2.92. The highest BCUT2D eigenvalue weighted by Gasteiger charge is 2.32. The number of hydrogen-bond donors (Lipinski definition) is 0. The van der Waals surface area contributed by atoms with Crippen molar-refractivity contribution < 1.29 is 22.7 Å². The van der Waals surface area contributed by atoms with Crippen LogP contribution in [0.3, 0.4) is 0 Å². The number of benzene rings is 2. The van der Waals surface area contributed by atoms with Crippen molar-refractivity contribution in [2.24, 2.45) is 0 Å². The molecule has 1 saturated heterocycles. The van der Waals surface area contributed by atoms with Crippen LogP contribution in [0.5, 0.6) is 11.5 Å². The van der Waals surface area contributed by atoms with Crippen molar-refractivity contribution in [3.05, 3.63) is 59.7 Å². The average molecular weight is 404 g/mol. The Morgan fingerprint density at radius 2 is 1.64 bits per heavy atom. The third-order valence-corrected chi connectivity index (χ3v) is 7.30. The van der Waals surface area contributed by atoms with Crippen molar-refractivity contribution in [2.45, 2.75) is 23.8 Å². The molecule has 0 aromatic heterocycles. The second kappa shape index (κ2) is 8.65. The SMILES string of the molecule is COc1ccc(C(=O)N2CCC(S(=O)(=O)Cc3ccccc3)CC2)cc1OC. The van der Waals surface area contributed by atoms with Gasteiger partial charge in [-0.05, 0) is 36.6 Å². The maximum Gasteiger partial charge on any atom is 0.253 e. The number of amides is 1. The molecule has 0 atom stereocenters. The van der Waals surface area contributed by atoms with Crippen LogP contribution < -0.4 is 9.47 Å². The molecule has 0 aliphatic carbocycles. The number of methoxy groups -OCH3 is 2. The van der Waals surface area contributed by atoms with Crippen LogP contribution >= 0.6 is 0 Å². The molecule has 1 amide bonds. The molecule has 150 valence electrons. The van der Waals surface area contributed by atoms with Gasteiger partial charge in [0.25, 0.3) is 5.91 Å². The van der Waals surface area contributed by atoms with E-state index in [-0.39, 0.29) is 11.7 Å². The van der Waals surface area contributed by atoms with E-state index in [4.69, 9.17) is 9.47 Å². The van der Waals surface area contributed by atoms with E-state index < -0.39 is 15.1 Å². The number of likely N-dealkylation sites (tertiary alicyclic amines) is 1. The Morgan fingerprint density at radius 3 is 2.25 bits per heavy atom. The molecule has 0 N–H and O–H groups in total. The number of sulfone groups is 1. The lowest BCUT2D eigenvalue weighted by Gasteiger charge is -2.32. The highest BCUT2D eigenvalue weighted by atomic mass is 32.2. The zero-order valence-electron chi connectivity index (χ0n) is 16.1. The molecule has 0 radical (unpaired) electrons. The van der Waals surface area contributed by atoms with Gasteiger partial charge < -0.3 is 14.4 Å². The monoisotopic (exact) mass is 403 g/mol. The van der Waals surface area contributed by atoms with Gasteiger partial charge in [0.1, 0.15) is 0 Å². The molecule has 6 nitrogen and oxygen atoms in total. The van der Waals surface area contributed by atoms with Crippen molar-refractivity contribution in [1.29, 1.82) is 0 Å². The predicted molar refractivity (Wildman–Crippen MR) is 108 cm³/mol. The molecular formula is C21H25NO5S. The molecule has 2 aromatic rings. The Balaban J connectivity index is 1.64. The lowest BCUT2D eigenvalue weighted by Crippen LogP contribution is -2.42. The third kappa shape index (κ3) is 4.47. The maximum absolute atomic E-state index is 12.8. The van der Waals surface area contributed by atoms with Gasteiger partial charge in [0.2, 0.25) is 0 Å². The Kier molecular flexibility index (Phi) is 6.24. The number of hydrogen-bond acceptors (Lipinski definition) is 5. The summed E-state index contributed by atoms with van der Waals surface area (Å²) in [5, 5.41) is -0.415. The van der Waals surface area contributed by atoms with E-state index in [2.05, 4.69) is 0 Å². The summed E-state index contributed by atoms with van der Waals surface area (Å²) in [6.07, 6.45) is 0.905. The third-order valence-electron chi connectivity index (χ3n) is 5.08. The van der Waals surface area contributed by atoms with E-state index in [1.165, 1.54) is 7.11 Å². The number of ether oxygens (including phenoxy) is 2. The van der Waals surface area contributed by atoms with Crippen LogP contribution in [0, 0.1) is 0 Å². The molecule has 28 heavy (non-hydrogen) atoms. The maximum atomic E-state index is 12.8. The van der Waals surface area contributed by atoms with E-state index in [0.29, 0.717) is 43.0 Å². The summed E-state index contributed by atoms with van der Waals surface area (Å²) in [4.78, 5) is 14.5. The van der Waals surface area contributed by atoms with Gasteiger partial charge in [0.15, 0.2) is 21.3 Å². The Labute approximate surface area is 166 Å². The fourth-order valence-corrected chi connectivity index (χ4v) is 5.32. The minimum absolute atomic E-state index is 0.0438. The van der Waals surface area contributed by atoms with Gasteiger partial charge in [0, 0.05) is 18.7 Å². The Hall–Kier alpha value is -2.54. The molecule has 0 unspecified atom stereocenters. The van der Waals surface area contributed by atoms with Crippen molar-refractivity contribution in [2.75, 3.05) is 27.3 Å². The highest BCUT2D eigenvalue weighted by Crippen LogP contribution is 2.29. The van der Waals surface area contributed by atoms with Gasteiger partial charge >= 0.3 is 0 Å². The van der Waals surface area contributed by atoms with E-state index >= 15 is 0 Å². The molecular weight excluding hydrogens is 378 g/mol. The van der Waals surface area contributed by atoms with Crippen LogP contribution in [0.1, 0.15) is 28.8 Å². The van der Waals surface area contributed by atoms with Crippen LogP contribution in [0.25, 0.3) is 0 Å². The first-order valence-corrected chi connectivity index (χ1v) is 10.9. The van der Waals surface area contributed by atoms with E-state index in [1.54, 1.807) is 30.2 Å². The number of carbonyl (C=O) groups is 1. The number of carbonyl (C=O) groups excluding carboxylic acids is 1. The quantitative estimate of drug-likeness (QED) is 0.742. The van der Waals surface area contributed by atoms with Crippen molar-refractivity contribution >= 4 is 15.7 Å². The van der Waals surface area contributed by atoms with E-state index in [9.17, 15) is 13.2 Å². The molecule has 3 rings (SSSR count). The van der Waals surface area contributed by atoms with Crippen molar-refractivity contribution in [3.63, 3.8) is 0 Å². The summed E-state index contributed by atoms with van der Waals surface area (Å²) >= 11 is 0. The summed E-state index contributed by atoms with van der Waals surface area (Å²) < 4.78 is 35.9. The normalized spacial score (nSPS) is 15.3. The summed E-state index contributed by atoms with van der Waals surface area (Å²) in [6, 6.07) is 14.3. The zero-order valence-corrected chi connectivity index (χ0v) is 16.9. The van der Waals surface area contributed by atoms with Crippen LogP contribution in [-0.2, 0) is 15.6 Å². The molecule has 2 aromatic carbocycles. The lowest BCUT2D eigenvalue weighted by molar-refractivity contribution is 0.0725. The number of piperidine rings is 1. The molecule has 7 heteroatoms. The summed E-state index contributed by atoms with van der Waals surface area (Å²) in [7, 11) is -0.180. The minimum atomic E-state index is -3.24. The van der Waals surface area contributed by atoms with Gasteiger partial charge in [-0.25, -0.2) is 8.42 Å². The van der Waals surface area contributed by atoms with Crippen LogP contribution in [-0.4, -0.2) is 51.8 Å². The largest absolute Gasteiger partial charge is 0.493 e. The van der Waals surface area contributed by atoms with Crippen LogP contribution in [0.2, 0.25) is 0 Å². The molecule has 1 heterocycles.